The van der Waals surface area contributed by atoms with Crippen LogP contribution in [-0.2, 0) is 10.1 Å². The van der Waals surface area contributed by atoms with E-state index in [4.69, 9.17) is 0 Å². The van der Waals surface area contributed by atoms with E-state index in [1.807, 2.05) is 13.0 Å². The van der Waals surface area contributed by atoms with Gasteiger partial charge < -0.3 is 9.29 Å². The van der Waals surface area contributed by atoms with Crippen molar-refractivity contribution in [3.63, 3.8) is 0 Å². The Kier molecular flexibility index (Phi) is 5.93. The zero-order valence-corrected chi connectivity index (χ0v) is 16.9. The SMILES string of the molecule is Cc1cnc2c(O)cccc2n1.Cc1cnc2c(OS(=O)(=O)C(F)(F)F)cccc2n1. The molecule has 0 aliphatic rings. The van der Waals surface area contributed by atoms with Crippen molar-refractivity contribution in [2.24, 2.45) is 0 Å². The number of aryl methyl sites for hydroxylation is 2. The summed E-state index contributed by atoms with van der Waals surface area (Å²) in [6.45, 7) is 3.52. The summed E-state index contributed by atoms with van der Waals surface area (Å²) in [6.07, 6.45) is 2.94. The van der Waals surface area contributed by atoms with Gasteiger partial charge >= 0.3 is 15.6 Å². The number of alkyl halides is 3. The maximum atomic E-state index is 12.2. The highest BCUT2D eigenvalue weighted by Gasteiger charge is 2.48. The molecule has 12 heteroatoms. The van der Waals surface area contributed by atoms with E-state index in [-0.39, 0.29) is 16.8 Å². The van der Waals surface area contributed by atoms with Crippen molar-refractivity contribution >= 4 is 32.2 Å². The van der Waals surface area contributed by atoms with E-state index in [1.54, 1.807) is 25.3 Å². The maximum Gasteiger partial charge on any atom is 0.534 e. The van der Waals surface area contributed by atoms with Crippen LogP contribution in [0.2, 0.25) is 0 Å². The van der Waals surface area contributed by atoms with E-state index >= 15 is 0 Å². The first kappa shape index (κ1) is 22.2. The fraction of sp³-hybridized carbons (Fsp3) is 0.158. The number of fused-ring (bicyclic) bond motifs is 2. The number of rotatable bonds is 2. The molecule has 162 valence electrons. The van der Waals surface area contributed by atoms with Crippen molar-refractivity contribution in [2.75, 3.05) is 0 Å². The minimum absolute atomic E-state index is 0.0547. The van der Waals surface area contributed by atoms with E-state index in [0.29, 0.717) is 11.2 Å². The van der Waals surface area contributed by atoms with Crippen LogP contribution in [0.1, 0.15) is 11.4 Å². The molecule has 1 N–H and O–H groups in total. The molecule has 0 saturated heterocycles. The molecule has 0 bridgehead atoms. The van der Waals surface area contributed by atoms with Crippen LogP contribution in [0.15, 0.2) is 48.8 Å². The van der Waals surface area contributed by atoms with Crippen LogP contribution in [0.4, 0.5) is 13.2 Å². The third kappa shape index (κ3) is 4.97. The molecule has 0 aliphatic heterocycles. The number of phenols is 1. The zero-order chi connectivity index (χ0) is 22.8. The summed E-state index contributed by atoms with van der Waals surface area (Å²) in [5, 5.41) is 9.36. The van der Waals surface area contributed by atoms with Crippen molar-refractivity contribution in [1.29, 1.82) is 0 Å². The monoisotopic (exact) mass is 452 g/mol. The summed E-state index contributed by atoms with van der Waals surface area (Å²) < 4.78 is 62.6. The van der Waals surface area contributed by atoms with Crippen molar-refractivity contribution in [2.45, 2.75) is 19.4 Å². The lowest BCUT2D eigenvalue weighted by Gasteiger charge is -2.10. The Labute approximate surface area is 174 Å². The predicted octanol–water partition coefficient (Wildman–Crippen LogP) is 3.81. The van der Waals surface area contributed by atoms with E-state index < -0.39 is 21.4 Å². The van der Waals surface area contributed by atoms with Crippen molar-refractivity contribution in [3.05, 3.63) is 60.2 Å². The van der Waals surface area contributed by atoms with Gasteiger partial charge in [-0.15, -0.1) is 0 Å². The first-order chi connectivity index (χ1) is 14.5. The van der Waals surface area contributed by atoms with E-state index in [1.165, 1.54) is 18.3 Å². The number of hydrogen-bond donors (Lipinski definition) is 1. The first-order valence-electron chi connectivity index (χ1n) is 8.62. The fourth-order valence-electron chi connectivity index (χ4n) is 2.46. The van der Waals surface area contributed by atoms with Gasteiger partial charge in [0.2, 0.25) is 0 Å². The number of halogens is 3. The number of benzene rings is 2. The third-order valence-electron chi connectivity index (χ3n) is 3.81. The highest BCUT2D eigenvalue weighted by atomic mass is 32.2. The molecule has 8 nitrogen and oxygen atoms in total. The van der Waals surface area contributed by atoms with Gasteiger partial charge in [-0.2, -0.15) is 21.6 Å². The highest BCUT2D eigenvalue weighted by Crippen LogP contribution is 2.30. The van der Waals surface area contributed by atoms with E-state index in [9.17, 15) is 26.7 Å². The second-order valence-electron chi connectivity index (χ2n) is 6.27. The summed E-state index contributed by atoms with van der Waals surface area (Å²) in [5.41, 5.74) is -2.61. The van der Waals surface area contributed by atoms with Gasteiger partial charge in [0.15, 0.2) is 5.75 Å². The molecule has 0 fully saturated rings. The van der Waals surface area contributed by atoms with Crippen LogP contribution in [-0.4, -0.2) is 39.0 Å². The smallest absolute Gasteiger partial charge is 0.506 e. The van der Waals surface area contributed by atoms with Crippen LogP contribution >= 0.6 is 0 Å². The van der Waals surface area contributed by atoms with E-state index in [2.05, 4.69) is 24.1 Å². The maximum absolute atomic E-state index is 12.2. The lowest BCUT2D eigenvalue weighted by molar-refractivity contribution is -0.0499. The molecule has 4 rings (SSSR count). The lowest BCUT2D eigenvalue weighted by Crippen LogP contribution is -2.28. The highest BCUT2D eigenvalue weighted by molar-refractivity contribution is 7.88. The molecule has 31 heavy (non-hydrogen) atoms. The van der Waals surface area contributed by atoms with Crippen LogP contribution in [0.3, 0.4) is 0 Å². The predicted molar refractivity (Wildman–Crippen MR) is 106 cm³/mol. The molecule has 0 aliphatic carbocycles. The van der Waals surface area contributed by atoms with Gasteiger partial charge in [0.25, 0.3) is 0 Å². The molecule has 0 radical (unpaired) electrons. The fourth-order valence-corrected chi connectivity index (χ4v) is 2.92. The summed E-state index contributed by atoms with van der Waals surface area (Å²) in [4.78, 5) is 16.1. The molecular weight excluding hydrogens is 437 g/mol. The number of nitrogens with zero attached hydrogens (tertiary/aromatic N) is 4. The Morgan fingerprint density at radius 2 is 1.39 bits per heavy atom. The van der Waals surface area contributed by atoms with Gasteiger partial charge in [-0.3, -0.25) is 0 Å². The molecular formula is C19H15F3N4O4S. The molecule has 0 unspecified atom stereocenters. The second-order valence-corrected chi connectivity index (χ2v) is 7.81. The van der Waals surface area contributed by atoms with Crippen LogP contribution in [0.25, 0.3) is 22.1 Å². The normalized spacial score (nSPS) is 11.8. The van der Waals surface area contributed by atoms with Gasteiger partial charge in [0, 0.05) is 12.4 Å². The van der Waals surface area contributed by atoms with Gasteiger partial charge in [0.1, 0.15) is 16.8 Å². The van der Waals surface area contributed by atoms with E-state index in [0.717, 1.165) is 17.3 Å². The van der Waals surface area contributed by atoms with Crippen LogP contribution < -0.4 is 4.18 Å². The average molecular weight is 452 g/mol. The number of hydrogen-bond acceptors (Lipinski definition) is 8. The van der Waals surface area contributed by atoms with Gasteiger partial charge in [-0.25, -0.2) is 19.9 Å². The van der Waals surface area contributed by atoms with Gasteiger partial charge in [-0.1, -0.05) is 12.1 Å². The lowest BCUT2D eigenvalue weighted by atomic mass is 10.3. The number of phenolic OH excluding ortho intramolecular Hbond substituents is 1. The minimum Gasteiger partial charge on any atom is -0.506 e. The molecule has 0 saturated carbocycles. The average Bonchev–Trinajstić information content (AvgIpc) is 2.67. The van der Waals surface area contributed by atoms with Crippen LogP contribution in [0, 0.1) is 13.8 Å². The summed E-state index contributed by atoms with van der Waals surface area (Å²) >= 11 is 0. The second kappa shape index (κ2) is 8.30. The molecule has 0 amide bonds. The zero-order valence-electron chi connectivity index (χ0n) is 16.1. The third-order valence-corrected chi connectivity index (χ3v) is 4.77. The Balaban J connectivity index is 0.000000194. The molecule has 0 atom stereocenters. The first-order valence-corrected chi connectivity index (χ1v) is 10.0. The quantitative estimate of drug-likeness (QED) is 0.361. The van der Waals surface area contributed by atoms with Crippen molar-refractivity contribution in [1.82, 2.24) is 19.9 Å². The molecule has 2 heterocycles. The van der Waals surface area contributed by atoms with Gasteiger partial charge in [0.05, 0.1) is 22.4 Å². The topological polar surface area (TPSA) is 115 Å². The largest absolute Gasteiger partial charge is 0.534 e. The Bertz CT molecular complexity index is 1360. The van der Waals surface area contributed by atoms with Crippen molar-refractivity contribution < 1.29 is 30.9 Å². The molecule has 2 aromatic heterocycles. The molecule has 4 aromatic rings. The Morgan fingerprint density at radius 3 is 1.97 bits per heavy atom. The number of aromatic hydroxyl groups is 1. The molecule has 2 aromatic carbocycles. The standard InChI is InChI=1S/C10H7F3N2O3S.C9H8N2O/c1-6-5-14-9-7(15-6)3-2-4-8(9)18-19(16,17)10(11,12)13;1-6-5-10-9-7(11-6)3-2-4-8(9)12/h2-5H,1H3;2-5,12H,1H3. The van der Waals surface area contributed by atoms with Gasteiger partial charge in [-0.05, 0) is 38.1 Å². The summed E-state index contributed by atoms with van der Waals surface area (Å²) in [6, 6.07) is 9.09. The number of aromatic nitrogens is 4. The Morgan fingerprint density at radius 1 is 0.871 bits per heavy atom. The Hall–Kier alpha value is -3.54. The van der Waals surface area contributed by atoms with Crippen molar-refractivity contribution in [3.8, 4) is 11.5 Å². The van der Waals surface area contributed by atoms with Crippen LogP contribution in [0.5, 0.6) is 11.5 Å². The minimum atomic E-state index is -5.72. The summed E-state index contributed by atoms with van der Waals surface area (Å²) in [5.74, 6) is -0.331. The molecule has 0 spiro atoms. The summed E-state index contributed by atoms with van der Waals surface area (Å²) in [7, 11) is -5.72. The number of para-hydroxylation sites is 2.